The minimum absolute atomic E-state index is 0.572. The Balaban J connectivity index is 1.67. The van der Waals surface area contributed by atoms with Gasteiger partial charge in [0.1, 0.15) is 0 Å². The molecule has 1 nitrogen and oxygen atoms in total. The van der Waals surface area contributed by atoms with E-state index in [2.05, 4.69) is 23.1 Å². The van der Waals surface area contributed by atoms with E-state index in [9.17, 15) is 0 Å². The van der Waals surface area contributed by atoms with Crippen molar-refractivity contribution < 1.29 is 0 Å². The molecule has 0 bridgehead atoms. The van der Waals surface area contributed by atoms with Crippen LogP contribution in [-0.4, -0.2) is 17.5 Å². The molecule has 1 aromatic heterocycles. The van der Waals surface area contributed by atoms with Gasteiger partial charge in [-0.3, -0.25) is 0 Å². The lowest BCUT2D eigenvalue weighted by Gasteiger charge is -2.26. The van der Waals surface area contributed by atoms with Crippen molar-refractivity contribution in [2.24, 2.45) is 0 Å². The first-order valence-electron chi connectivity index (χ1n) is 5.95. The van der Waals surface area contributed by atoms with E-state index >= 15 is 0 Å². The van der Waals surface area contributed by atoms with Gasteiger partial charge in [0.05, 0.1) is 4.34 Å². The number of rotatable bonds is 2. The molecule has 1 saturated heterocycles. The van der Waals surface area contributed by atoms with E-state index in [-0.39, 0.29) is 0 Å². The topological polar surface area (TPSA) is 12.0 Å². The largest absolute Gasteiger partial charge is 0.306 e. The van der Waals surface area contributed by atoms with Crippen LogP contribution in [-0.2, 0) is 6.42 Å². The van der Waals surface area contributed by atoms with E-state index in [0.29, 0.717) is 12.1 Å². The number of fused-ring (bicyclic) bond motifs is 1. The van der Waals surface area contributed by atoms with E-state index in [1.54, 1.807) is 11.3 Å². The van der Waals surface area contributed by atoms with Gasteiger partial charge >= 0.3 is 0 Å². The lowest BCUT2D eigenvalue weighted by atomic mass is 10.1. The van der Waals surface area contributed by atoms with Crippen LogP contribution in [0.1, 0.15) is 35.7 Å². The van der Waals surface area contributed by atoms with Crippen LogP contribution < -0.4 is 5.32 Å². The third kappa shape index (κ3) is 2.28. The first kappa shape index (κ1) is 11.4. The fourth-order valence-corrected chi connectivity index (χ4v) is 5.10. The summed E-state index contributed by atoms with van der Waals surface area (Å²) in [5.41, 5.74) is 1.48. The summed E-state index contributed by atoms with van der Waals surface area (Å²) in [4.78, 5) is 1.51. The highest BCUT2D eigenvalue weighted by molar-refractivity contribution is 7.99. The Hall–Kier alpha value is 0.300. The van der Waals surface area contributed by atoms with Gasteiger partial charge in [-0.25, -0.2) is 0 Å². The normalized spacial score (nSPS) is 29.3. The van der Waals surface area contributed by atoms with Crippen LogP contribution >= 0.6 is 34.7 Å². The summed E-state index contributed by atoms with van der Waals surface area (Å²) in [7, 11) is 0. The molecule has 2 aliphatic rings. The lowest BCUT2D eigenvalue weighted by molar-refractivity contribution is 0.431. The van der Waals surface area contributed by atoms with Gasteiger partial charge < -0.3 is 5.32 Å². The molecule has 1 fully saturated rings. The van der Waals surface area contributed by atoms with Gasteiger partial charge in [-0.15, -0.1) is 11.3 Å². The molecular weight excluding hydrogens is 258 g/mol. The van der Waals surface area contributed by atoms with Crippen LogP contribution in [0.15, 0.2) is 6.07 Å². The Bertz CT molecular complexity index is 371. The molecule has 2 unspecified atom stereocenters. The van der Waals surface area contributed by atoms with Crippen molar-refractivity contribution in [2.75, 3.05) is 11.5 Å². The highest BCUT2D eigenvalue weighted by Crippen LogP contribution is 2.39. The molecule has 2 atom stereocenters. The molecular formula is C12H16ClNS2. The number of thioether (sulfide) groups is 1. The SMILES string of the molecule is Clc1cc2c(s1)CCC2NC1CCCSC1. The third-order valence-corrected chi connectivity index (χ3v) is 6.00. The summed E-state index contributed by atoms with van der Waals surface area (Å²) in [6.07, 6.45) is 5.19. The molecule has 0 spiro atoms. The number of halogens is 1. The molecule has 1 aliphatic carbocycles. The highest BCUT2D eigenvalue weighted by Gasteiger charge is 2.27. The number of aryl methyl sites for hydroxylation is 1. The van der Waals surface area contributed by atoms with E-state index in [1.165, 1.54) is 47.6 Å². The van der Waals surface area contributed by atoms with Crippen LogP contribution in [0.2, 0.25) is 4.34 Å². The first-order valence-corrected chi connectivity index (χ1v) is 8.30. The quantitative estimate of drug-likeness (QED) is 0.878. The smallest absolute Gasteiger partial charge is 0.0934 e. The predicted octanol–water partition coefficient (Wildman–Crippen LogP) is 3.87. The van der Waals surface area contributed by atoms with E-state index < -0.39 is 0 Å². The number of hydrogen-bond acceptors (Lipinski definition) is 3. The van der Waals surface area contributed by atoms with Crippen LogP contribution in [0.25, 0.3) is 0 Å². The minimum Gasteiger partial charge on any atom is -0.306 e. The molecule has 4 heteroatoms. The standard InChI is InChI=1S/C12H16ClNS2/c13-12-6-9-10(3-4-11(9)16-12)14-8-2-1-5-15-7-8/h6,8,10,14H,1-5,7H2. The predicted molar refractivity (Wildman–Crippen MR) is 73.9 cm³/mol. The lowest BCUT2D eigenvalue weighted by Crippen LogP contribution is -2.35. The van der Waals surface area contributed by atoms with Gasteiger partial charge in [0.15, 0.2) is 0 Å². The zero-order chi connectivity index (χ0) is 11.0. The highest BCUT2D eigenvalue weighted by atomic mass is 35.5. The average Bonchev–Trinajstić information content (AvgIpc) is 2.81. The summed E-state index contributed by atoms with van der Waals surface area (Å²) >= 11 is 9.92. The monoisotopic (exact) mass is 273 g/mol. The van der Waals surface area contributed by atoms with Gasteiger partial charge in [-0.1, -0.05) is 11.6 Å². The molecule has 2 heterocycles. The van der Waals surface area contributed by atoms with E-state index in [4.69, 9.17) is 11.6 Å². The van der Waals surface area contributed by atoms with Gasteiger partial charge in [0.25, 0.3) is 0 Å². The molecule has 0 aromatic carbocycles. The van der Waals surface area contributed by atoms with Crippen LogP contribution in [0.4, 0.5) is 0 Å². The maximum atomic E-state index is 6.07. The zero-order valence-electron chi connectivity index (χ0n) is 9.17. The molecule has 0 radical (unpaired) electrons. The summed E-state index contributed by atoms with van der Waals surface area (Å²) in [5, 5.41) is 3.81. The minimum atomic E-state index is 0.572. The van der Waals surface area contributed by atoms with Gasteiger partial charge in [-0.2, -0.15) is 11.8 Å². The van der Waals surface area contributed by atoms with Crippen LogP contribution in [0.5, 0.6) is 0 Å². The fourth-order valence-electron chi connectivity index (χ4n) is 2.66. The Kier molecular flexibility index (Phi) is 3.48. The van der Waals surface area contributed by atoms with Crippen LogP contribution in [0, 0.1) is 0 Å². The number of nitrogens with one attached hydrogen (secondary N) is 1. The average molecular weight is 274 g/mol. The van der Waals surface area contributed by atoms with Crippen molar-refractivity contribution in [3.8, 4) is 0 Å². The van der Waals surface area contributed by atoms with Crippen molar-refractivity contribution in [1.82, 2.24) is 5.32 Å². The summed E-state index contributed by atoms with van der Waals surface area (Å²) in [5.74, 6) is 2.63. The van der Waals surface area contributed by atoms with Crippen molar-refractivity contribution >= 4 is 34.7 Å². The molecule has 0 amide bonds. The van der Waals surface area contributed by atoms with Crippen LogP contribution in [0.3, 0.4) is 0 Å². The summed E-state index contributed by atoms with van der Waals surface area (Å²) in [6.45, 7) is 0. The number of hydrogen-bond donors (Lipinski definition) is 1. The third-order valence-electron chi connectivity index (χ3n) is 3.44. The molecule has 88 valence electrons. The first-order chi connectivity index (χ1) is 7.83. The van der Waals surface area contributed by atoms with Gasteiger partial charge in [-0.05, 0) is 43.1 Å². The Morgan fingerprint density at radius 2 is 2.31 bits per heavy atom. The van der Waals surface area contributed by atoms with Crippen molar-refractivity contribution in [3.05, 3.63) is 20.8 Å². The second kappa shape index (κ2) is 4.89. The Morgan fingerprint density at radius 1 is 1.38 bits per heavy atom. The fraction of sp³-hybridized carbons (Fsp3) is 0.667. The maximum Gasteiger partial charge on any atom is 0.0934 e. The van der Waals surface area contributed by atoms with Crippen molar-refractivity contribution in [2.45, 2.75) is 37.8 Å². The Labute approximate surface area is 110 Å². The molecule has 3 rings (SSSR count). The van der Waals surface area contributed by atoms with Crippen molar-refractivity contribution in [3.63, 3.8) is 0 Å². The van der Waals surface area contributed by atoms with Crippen molar-refractivity contribution in [1.29, 1.82) is 0 Å². The molecule has 1 aromatic rings. The van der Waals surface area contributed by atoms with E-state index in [1.807, 2.05) is 0 Å². The molecule has 1 N–H and O–H groups in total. The van der Waals surface area contributed by atoms with Gasteiger partial charge in [0, 0.05) is 22.7 Å². The number of thiophene rings is 1. The Morgan fingerprint density at radius 3 is 3.12 bits per heavy atom. The summed E-state index contributed by atoms with van der Waals surface area (Å²) in [6, 6.07) is 3.46. The molecule has 0 saturated carbocycles. The molecule has 1 aliphatic heterocycles. The summed E-state index contributed by atoms with van der Waals surface area (Å²) < 4.78 is 0.953. The second-order valence-corrected chi connectivity index (χ2v) is 7.52. The van der Waals surface area contributed by atoms with Gasteiger partial charge in [0.2, 0.25) is 0 Å². The molecule has 16 heavy (non-hydrogen) atoms. The van der Waals surface area contributed by atoms with E-state index in [0.717, 1.165) is 4.34 Å². The maximum absolute atomic E-state index is 6.07. The second-order valence-electron chi connectivity index (χ2n) is 4.60. The zero-order valence-corrected chi connectivity index (χ0v) is 11.6.